The van der Waals surface area contributed by atoms with Crippen LogP contribution in [0.15, 0.2) is 23.1 Å². The van der Waals surface area contributed by atoms with Crippen molar-refractivity contribution in [2.45, 2.75) is 31.3 Å². The fourth-order valence-corrected chi connectivity index (χ4v) is 3.25. The second-order valence-electron chi connectivity index (χ2n) is 4.31. The molecule has 0 amide bonds. The molecule has 1 N–H and O–H groups in total. The number of sulfone groups is 1. The summed E-state index contributed by atoms with van der Waals surface area (Å²) in [7, 11) is -2.11. The van der Waals surface area contributed by atoms with Gasteiger partial charge in [-0.2, -0.15) is 0 Å². The second kappa shape index (κ2) is 6.16. The van der Waals surface area contributed by atoms with Gasteiger partial charge in [-0.3, -0.25) is 0 Å². The van der Waals surface area contributed by atoms with Gasteiger partial charge in [0.2, 0.25) is 0 Å². The Bertz CT molecular complexity index is 562. The highest BCUT2D eigenvalue weighted by Crippen LogP contribution is 2.19. The van der Waals surface area contributed by atoms with Crippen LogP contribution in [0.5, 0.6) is 0 Å². The number of carbonyl (C=O) groups is 1. The number of rotatable bonds is 6. The predicted octanol–water partition coefficient (Wildman–Crippen LogP) is 1.76. The van der Waals surface area contributed by atoms with Crippen molar-refractivity contribution >= 4 is 15.8 Å². The van der Waals surface area contributed by atoms with Gasteiger partial charge in [0.25, 0.3) is 0 Å². The number of carboxylic acid groups (broad SMARTS) is 1. The molecule has 0 aliphatic heterocycles. The Kier molecular flexibility index (Phi) is 5.08. The minimum absolute atomic E-state index is 0.0194. The largest absolute Gasteiger partial charge is 0.478 e. The Hall–Kier alpha value is -1.40. The molecule has 19 heavy (non-hydrogen) atoms. The molecule has 0 fully saturated rings. The fourth-order valence-electron chi connectivity index (χ4n) is 1.73. The minimum Gasteiger partial charge on any atom is -0.478 e. The molecule has 0 radical (unpaired) electrons. The molecule has 1 aromatic rings. The standard InChI is InChI=1S/C13H18O5S/c1-4-10-5-6-11(7-12(10)13(14)15)19(16,17)8-9(2)18-3/h5-7,9H,4,8H2,1-3H3,(H,14,15). The average molecular weight is 286 g/mol. The quantitative estimate of drug-likeness (QED) is 0.861. The molecular weight excluding hydrogens is 268 g/mol. The molecule has 0 spiro atoms. The van der Waals surface area contributed by atoms with Crippen LogP contribution in [-0.2, 0) is 21.0 Å². The Morgan fingerprint density at radius 1 is 1.42 bits per heavy atom. The van der Waals surface area contributed by atoms with Gasteiger partial charge in [-0.25, -0.2) is 13.2 Å². The van der Waals surface area contributed by atoms with Crippen molar-refractivity contribution in [1.29, 1.82) is 0 Å². The van der Waals surface area contributed by atoms with Crippen LogP contribution >= 0.6 is 0 Å². The Balaban J connectivity index is 3.22. The first-order valence-corrected chi connectivity index (χ1v) is 7.58. The van der Waals surface area contributed by atoms with Crippen molar-refractivity contribution < 1.29 is 23.1 Å². The summed E-state index contributed by atoms with van der Waals surface area (Å²) in [6.07, 6.45) is 0.0975. The van der Waals surface area contributed by atoms with Gasteiger partial charge in [0.1, 0.15) is 0 Å². The smallest absolute Gasteiger partial charge is 0.336 e. The summed E-state index contributed by atoms with van der Waals surface area (Å²) in [4.78, 5) is 11.1. The molecule has 6 heteroatoms. The van der Waals surface area contributed by atoms with E-state index in [9.17, 15) is 13.2 Å². The SMILES string of the molecule is CCc1ccc(S(=O)(=O)CC(C)OC)cc1C(=O)O. The maximum absolute atomic E-state index is 12.1. The molecule has 0 heterocycles. The molecule has 0 aliphatic rings. The van der Waals surface area contributed by atoms with Crippen molar-refractivity contribution in [3.8, 4) is 0 Å². The zero-order chi connectivity index (χ0) is 14.6. The van der Waals surface area contributed by atoms with Crippen molar-refractivity contribution in [2.75, 3.05) is 12.9 Å². The molecule has 0 aromatic heterocycles. The first-order chi connectivity index (χ1) is 8.81. The molecule has 1 unspecified atom stereocenters. The van der Waals surface area contributed by atoms with E-state index in [2.05, 4.69) is 0 Å². The summed E-state index contributed by atoms with van der Waals surface area (Å²) in [5, 5.41) is 9.10. The summed E-state index contributed by atoms with van der Waals surface area (Å²) < 4.78 is 29.1. The van der Waals surface area contributed by atoms with Crippen molar-refractivity contribution in [1.82, 2.24) is 0 Å². The van der Waals surface area contributed by atoms with Crippen LogP contribution < -0.4 is 0 Å². The molecule has 1 atom stereocenters. The van der Waals surface area contributed by atoms with E-state index in [4.69, 9.17) is 9.84 Å². The highest BCUT2D eigenvalue weighted by Gasteiger charge is 2.21. The maximum atomic E-state index is 12.1. The predicted molar refractivity (Wildman–Crippen MR) is 71.3 cm³/mol. The van der Waals surface area contributed by atoms with Gasteiger partial charge in [0, 0.05) is 7.11 Å². The van der Waals surface area contributed by atoms with Crippen molar-refractivity contribution in [3.63, 3.8) is 0 Å². The minimum atomic E-state index is -3.54. The van der Waals surface area contributed by atoms with Gasteiger partial charge >= 0.3 is 5.97 Å². The number of carboxylic acids is 1. The molecule has 0 saturated carbocycles. The number of hydrogen-bond donors (Lipinski definition) is 1. The van der Waals surface area contributed by atoms with E-state index >= 15 is 0 Å². The van der Waals surface area contributed by atoms with Crippen LogP contribution in [0.1, 0.15) is 29.8 Å². The molecule has 1 aromatic carbocycles. The zero-order valence-electron chi connectivity index (χ0n) is 11.2. The average Bonchev–Trinajstić information content (AvgIpc) is 2.37. The number of benzene rings is 1. The van der Waals surface area contributed by atoms with Gasteiger partial charge in [0.15, 0.2) is 9.84 Å². The van der Waals surface area contributed by atoms with Gasteiger partial charge in [-0.05, 0) is 31.0 Å². The number of methoxy groups -OCH3 is 1. The van der Waals surface area contributed by atoms with E-state index < -0.39 is 21.9 Å². The fraction of sp³-hybridized carbons (Fsp3) is 0.462. The summed E-state index contributed by atoms with van der Waals surface area (Å²) >= 11 is 0. The molecule has 0 saturated heterocycles. The van der Waals surface area contributed by atoms with Crippen LogP contribution in [0, 0.1) is 0 Å². The Morgan fingerprint density at radius 3 is 2.53 bits per heavy atom. The van der Waals surface area contributed by atoms with Crippen LogP contribution in [0.25, 0.3) is 0 Å². The van der Waals surface area contributed by atoms with Crippen LogP contribution in [0.2, 0.25) is 0 Å². The number of aromatic carboxylic acids is 1. The van der Waals surface area contributed by atoms with Gasteiger partial charge in [0.05, 0.1) is 22.3 Å². The third-order valence-electron chi connectivity index (χ3n) is 2.91. The summed E-state index contributed by atoms with van der Waals surface area (Å²) in [5.74, 6) is -1.29. The van der Waals surface area contributed by atoms with E-state index in [1.54, 1.807) is 13.0 Å². The molecule has 0 bridgehead atoms. The second-order valence-corrected chi connectivity index (χ2v) is 6.34. The summed E-state index contributed by atoms with van der Waals surface area (Å²) in [6, 6.07) is 4.22. The van der Waals surface area contributed by atoms with Crippen molar-refractivity contribution in [2.24, 2.45) is 0 Å². The van der Waals surface area contributed by atoms with Crippen LogP contribution in [0.4, 0.5) is 0 Å². The van der Waals surface area contributed by atoms with E-state index in [1.165, 1.54) is 19.2 Å². The third-order valence-corrected chi connectivity index (χ3v) is 4.79. The Labute approximate surface area is 113 Å². The first kappa shape index (κ1) is 15.7. The monoisotopic (exact) mass is 286 g/mol. The highest BCUT2D eigenvalue weighted by atomic mass is 32.2. The lowest BCUT2D eigenvalue weighted by atomic mass is 10.1. The van der Waals surface area contributed by atoms with E-state index in [1.807, 2.05) is 6.92 Å². The molecular formula is C13H18O5S. The molecule has 106 valence electrons. The first-order valence-electron chi connectivity index (χ1n) is 5.93. The van der Waals surface area contributed by atoms with Crippen molar-refractivity contribution in [3.05, 3.63) is 29.3 Å². The lowest BCUT2D eigenvalue weighted by Gasteiger charge is -2.12. The summed E-state index contributed by atoms with van der Waals surface area (Å²) in [6.45, 7) is 3.47. The number of hydrogen-bond acceptors (Lipinski definition) is 4. The molecule has 0 aliphatic carbocycles. The lowest BCUT2D eigenvalue weighted by Crippen LogP contribution is -2.20. The molecule has 5 nitrogen and oxygen atoms in total. The number of aryl methyl sites for hydroxylation is 1. The highest BCUT2D eigenvalue weighted by molar-refractivity contribution is 7.91. The summed E-state index contributed by atoms with van der Waals surface area (Å²) in [5.41, 5.74) is 0.653. The van der Waals surface area contributed by atoms with Gasteiger partial charge in [-0.15, -0.1) is 0 Å². The van der Waals surface area contributed by atoms with Crippen LogP contribution in [-0.4, -0.2) is 38.5 Å². The van der Waals surface area contributed by atoms with Gasteiger partial charge in [-0.1, -0.05) is 13.0 Å². The maximum Gasteiger partial charge on any atom is 0.336 e. The normalized spacial score (nSPS) is 13.2. The molecule has 1 rings (SSSR count). The van der Waals surface area contributed by atoms with E-state index in [0.717, 1.165) is 0 Å². The van der Waals surface area contributed by atoms with Gasteiger partial charge < -0.3 is 9.84 Å². The number of ether oxygens (including phenoxy) is 1. The topological polar surface area (TPSA) is 80.7 Å². The zero-order valence-corrected chi connectivity index (χ0v) is 12.0. The Morgan fingerprint density at radius 2 is 2.05 bits per heavy atom. The van der Waals surface area contributed by atoms with E-state index in [0.29, 0.717) is 12.0 Å². The lowest BCUT2D eigenvalue weighted by molar-refractivity contribution is 0.0695. The van der Waals surface area contributed by atoms with E-state index in [-0.39, 0.29) is 16.2 Å². The third kappa shape index (κ3) is 3.78. The van der Waals surface area contributed by atoms with Crippen LogP contribution in [0.3, 0.4) is 0 Å².